The molecular weight excluding hydrogens is 372 g/mol. The lowest BCUT2D eigenvalue weighted by Gasteiger charge is -2.13. The van der Waals surface area contributed by atoms with E-state index in [9.17, 15) is 9.59 Å². The second-order valence-electron chi connectivity index (χ2n) is 6.38. The first-order chi connectivity index (χ1) is 12.5. The third kappa shape index (κ3) is 4.29. The van der Waals surface area contributed by atoms with E-state index in [1.54, 1.807) is 16.7 Å². The van der Waals surface area contributed by atoms with Crippen LogP contribution in [-0.4, -0.2) is 41.1 Å². The average Bonchev–Trinajstić information content (AvgIpc) is 3.18. The fourth-order valence-corrected chi connectivity index (χ4v) is 4.97. The highest BCUT2D eigenvalue weighted by Crippen LogP contribution is 2.43. The Labute approximate surface area is 159 Å². The minimum atomic E-state index is -1.04. The predicted molar refractivity (Wildman–Crippen MR) is 104 cm³/mol. The first-order valence-corrected chi connectivity index (χ1v) is 10.2. The van der Waals surface area contributed by atoms with Gasteiger partial charge in [0.25, 0.3) is 0 Å². The number of carboxylic acid groups (broad SMARTS) is 1. The molecule has 7 nitrogen and oxygen atoms in total. The SMILES string of the molecule is CC(C)NCCC(=O)Nc1sc2c(c1-c1nc(C(=O)O)cs1)CCNC2. The number of carbonyl (C=O) groups is 2. The van der Waals surface area contributed by atoms with Crippen molar-refractivity contribution in [2.24, 2.45) is 0 Å². The van der Waals surface area contributed by atoms with Crippen molar-refractivity contribution in [2.75, 3.05) is 18.4 Å². The van der Waals surface area contributed by atoms with Crippen molar-refractivity contribution < 1.29 is 14.7 Å². The van der Waals surface area contributed by atoms with Gasteiger partial charge < -0.3 is 21.1 Å². The minimum absolute atomic E-state index is 0.0392. The van der Waals surface area contributed by atoms with Gasteiger partial charge >= 0.3 is 5.97 Å². The first kappa shape index (κ1) is 19.0. The smallest absolute Gasteiger partial charge is 0.355 e. The third-order valence-electron chi connectivity index (χ3n) is 4.02. The molecule has 9 heteroatoms. The summed E-state index contributed by atoms with van der Waals surface area (Å²) in [5.74, 6) is -1.09. The average molecular weight is 395 g/mol. The molecule has 0 saturated carbocycles. The van der Waals surface area contributed by atoms with Crippen molar-refractivity contribution in [3.63, 3.8) is 0 Å². The standard InChI is InChI=1S/C17H22N4O3S2/c1-9(2)19-6-4-13(22)21-16-14(10-3-5-18-7-12(10)26-16)15-20-11(8-25-15)17(23)24/h8-9,18-19H,3-7H2,1-2H3,(H,21,22)(H,23,24). The number of anilines is 1. The summed E-state index contributed by atoms with van der Waals surface area (Å²) in [6, 6.07) is 0.336. The number of amides is 1. The lowest BCUT2D eigenvalue weighted by atomic mass is 10.0. The Balaban J connectivity index is 1.86. The van der Waals surface area contributed by atoms with Gasteiger partial charge in [0.2, 0.25) is 5.91 Å². The number of nitrogens with one attached hydrogen (secondary N) is 3. The van der Waals surface area contributed by atoms with Gasteiger partial charge in [0.05, 0.1) is 0 Å². The van der Waals surface area contributed by atoms with Crippen LogP contribution in [0.15, 0.2) is 5.38 Å². The van der Waals surface area contributed by atoms with Crippen LogP contribution in [0.1, 0.15) is 41.2 Å². The molecule has 26 heavy (non-hydrogen) atoms. The highest BCUT2D eigenvalue weighted by molar-refractivity contribution is 7.18. The lowest BCUT2D eigenvalue weighted by Crippen LogP contribution is -2.27. The highest BCUT2D eigenvalue weighted by atomic mass is 32.1. The monoisotopic (exact) mass is 394 g/mol. The summed E-state index contributed by atoms with van der Waals surface area (Å²) in [7, 11) is 0. The van der Waals surface area contributed by atoms with Crippen LogP contribution in [0.4, 0.5) is 5.00 Å². The van der Waals surface area contributed by atoms with Crippen LogP contribution in [0.2, 0.25) is 0 Å². The number of thiophene rings is 1. The van der Waals surface area contributed by atoms with Crippen LogP contribution in [-0.2, 0) is 17.8 Å². The van der Waals surface area contributed by atoms with Crippen LogP contribution in [0.3, 0.4) is 0 Å². The Bertz CT molecular complexity index is 813. The normalized spacial score (nSPS) is 13.7. The second kappa shape index (κ2) is 8.26. The number of rotatable bonds is 7. The summed E-state index contributed by atoms with van der Waals surface area (Å²) in [5, 5.41) is 21.7. The van der Waals surface area contributed by atoms with Gasteiger partial charge in [-0.3, -0.25) is 4.79 Å². The molecule has 0 unspecified atom stereocenters. The summed E-state index contributed by atoms with van der Waals surface area (Å²) in [4.78, 5) is 28.9. The van der Waals surface area contributed by atoms with Crippen molar-refractivity contribution in [1.82, 2.24) is 15.6 Å². The zero-order valence-electron chi connectivity index (χ0n) is 14.7. The summed E-state index contributed by atoms with van der Waals surface area (Å²) in [6.45, 7) is 6.32. The molecule has 1 aliphatic rings. The van der Waals surface area contributed by atoms with Gasteiger partial charge in [-0.2, -0.15) is 0 Å². The zero-order valence-corrected chi connectivity index (χ0v) is 16.4. The van der Waals surface area contributed by atoms with Crippen molar-refractivity contribution in [2.45, 2.75) is 39.3 Å². The van der Waals surface area contributed by atoms with Crippen molar-refractivity contribution >= 4 is 39.6 Å². The molecule has 3 heterocycles. The molecule has 1 aliphatic heterocycles. The Morgan fingerprint density at radius 1 is 1.42 bits per heavy atom. The molecule has 0 aromatic carbocycles. The number of aromatic nitrogens is 1. The minimum Gasteiger partial charge on any atom is -0.476 e. The maximum Gasteiger partial charge on any atom is 0.355 e. The van der Waals surface area contributed by atoms with E-state index < -0.39 is 5.97 Å². The molecule has 0 spiro atoms. The molecule has 140 valence electrons. The molecule has 2 aromatic rings. The molecule has 2 aromatic heterocycles. The third-order valence-corrected chi connectivity index (χ3v) is 6.03. The van der Waals surface area contributed by atoms with Gasteiger partial charge in [0.15, 0.2) is 5.69 Å². The van der Waals surface area contributed by atoms with Gasteiger partial charge in [-0.1, -0.05) is 13.8 Å². The number of aromatic carboxylic acids is 1. The molecule has 0 saturated heterocycles. The molecule has 1 amide bonds. The summed E-state index contributed by atoms with van der Waals surface area (Å²) >= 11 is 2.85. The van der Waals surface area contributed by atoms with E-state index in [1.165, 1.54) is 16.2 Å². The topological polar surface area (TPSA) is 103 Å². The number of fused-ring (bicyclic) bond motifs is 1. The van der Waals surface area contributed by atoms with Crippen LogP contribution >= 0.6 is 22.7 Å². The quantitative estimate of drug-likeness (QED) is 0.575. The van der Waals surface area contributed by atoms with E-state index in [0.717, 1.165) is 35.6 Å². The molecule has 0 bridgehead atoms. The molecule has 3 rings (SSSR count). The highest BCUT2D eigenvalue weighted by Gasteiger charge is 2.25. The van der Waals surface area contributed by atoms with E-state index >= 15 is 0 Å². The fraction of sp³-hybridized carbons (Fsp3) is 0.471. The molecule has 0 atom stereocenters. The Morgan fingerprint density at radius 2 is 2.23 bits per heavy atom. The summed E-state index contributed by atoms with van der Waals surface area (Å²) in [6.07, 6.45) is 1.23. The number of hydrogen-bond acceptors (Lipinski definition) is 7. The molecule has 4 N–H and O–H groups in total. The summed E-state index contributed by atoms with van der Waals surface area (Å²) < 4.78 is 0. The molecule has 0 aliphatic carbocycles. The number of nitrogens with zero attached hydrogens (tertiary/aromatic N) is 1. The largest absolute Gasteiger partial charge is 0.476 e. The molecular formula is C17H22N4O3S2. The Morgan fingerprint density at radius 3 is 2.92 bits per heavy atom. The van der Waals surface area contributed by atoms with E-state index in [1.807, 2.05) is 13.8 Å². The van der Waals surface area contributed by atoms with Crippen LogP contribution in [0, 0.1) is 0 Å². The Hall–Kier alpha value is -1.81. The second-order valence-corrected chi connectivity index (χ2v) is 8.35. The van der Waals surface area contributed by atoms with E-state index in [0.29, 0.717) is 24.0 Å². The van der Waals surface area contributed by atoms with E-state index in [4.69, 9.17) is 5.11 Å². The maximum absolute atomic E-state index is 12.3. The van der Waals surface area contributed by atoms with Gasteiger partial charge in [-0.25, -0.2) is 9.78 Å². The maximum atomic E-state index is 12.3. The van der Waals surface area contributed by atoms with Gasteiger partial charge in [0.1, 0.15) is 10.0 Å². The van der Waals surface area contributed by atoms with Crippen LogP contribution in [0.5, 0.6) is 0 Å². The van der Waals surface area contributed by atoms with E-state index in [2.05, 4.69) is 20.9 Å². The van der Waals surface area contributed by atoms with Crippen molar-refractivity contribution in [3.05, 3.63) is 21.5 Å². The van der Waals surface area contributed by atoms with Crippen molar-refractivity contribution in [1.29, 1.82) is 0 Å². The predicted octanol–water partition coefficient (Wildman–Crippen LogP) is 2.54. The summed E-state index contributed by atoms with van der Waals surface area (Å²) in [5.41, 5.74) is 2.09. The van der Waals surface area contributed by atoms with Crippen molar-refractivity contribution in [3.8, 4) is 10.6 Å². The van der Waals surface area contributed by atoms with Gasteiger partial charge in [0, 0.05) is 41.4 Å². The molecule has 0 fully saturated rings. The van der Waals surface area contributed by atoms with Gasteiger partial charge in [-0.15, -0.1) is 22.7 Å². The zero-order chi connectivity index (χ0) is 18.7. The van der Waals surface area contributed by atoms with Crippen LogP contribution in [0.25, 0.3) is 10.6 Å². The number of carbonyl (C=O) groups excluding carboxylic acids is 1. The lowest BCUT2D eigenvalue weighted by molar-refractivity contribution is -0.116. The number of thiazole rings is 1. The molecule has 0 radical (unpaired) electrons. The first-order valence-electron chi connectivity index (χ1n) is 8.53. The number of carboxylic acids is 1. The number of hydrogen-bond donors (Lipinski definition) is 4. The Kier molecular flexibility index (Phi) is 6.02. The van der Waals surface area contributed by atoms with Gasteiger partial charge in [-0.05, 0) is 18.5 Å². The fourth-order valence-electron chi connectivity index (χ4n) is 2.80. The van der Waals surface area contributed by atoms with E-state index in [-0.39, 0.29) is 11.6 Å². The van der Waals surface area contributed by atoms with Crippen LogP contribution < -0.4 is 16.0 Å².